The van der Waals surface area contributed by atoms with E-state index < -0.39 is 5.91 Å². The molecule has 2 N–H and O–H groups in total. The SMILES string of the molecule is CCC(=O)N(F)CCCOCCOCCOCCCN. The zero-order valence-corrected chi connectivity index (χ0v) is 12.3. The van der Waals surface area contributed by atoms with Crippen LogP contribution < -0.4 is 5.73 Å². The smallest absolute Gasteiger partial charge is 0.249 e. The lowest BCUT2D eigenvalue weighted by molar-refractivity contribution is -0.146. The zero-order chi connectivity index (χ0) is 15.1. The molecule has 6 nitrogen and oxygen atoms in total. The number of rotatable bonds is 14. The molecule has 20 heavy (non-hydrogen) atoms. The Morgan fingerprint density at radius 2 is 1.50 bits per heavy atom. The monoisotopic (exact) mass is 294 g/mol. The summed E-state index contributed by atoms with van der Waals surface area (Å²) in [7, 11) is 0. The molecule has 0 aliphatic rings. The van der Waals surface area contributed by atoms with E-state index in [0.717, 1.165) is 6.42 Å². The van der Waals surface area contributed by atoms with E-state index in [-0.39, 0.29) is 18.1 Å². The van der Waals surface area contributed by atoms with Crippen molar-refractivity contribution < 1.29 is 23.5 Å². The maximum absolute atomic E-state index is 13.0. The zero-order valence-electron chi connectivity index (χ0n) is 12.3. The highest BCUT2D eigenvalue weighted by atomic mass is 19.2. The Kier molecular flexibility index (Phi) is 14.1. The molecule has 0 aliphatic heterocycles. The summed E-state index contributed by atoms with van der Waals surface area (Å²) < 4.78 is 28.8. The van der Waals surface area contributed by atoms with Gasteiger partial charge in [-0.1, -0.05) is 11.4 Å². The largest absolute Gasteiger partial charge is 0.379 e. The lowest BCUT2D eigenvalue weighted by Crippen LogP contribution is -2.23. The molecule has 0 fully saturated rings. The van der Waals surface area contributed by atoms with Crippen molar-refractivity contribution in [3.8, 4) is 0 Å². The fraction of sp³-hybridized carbons (Fsp3) is 0.923. The number of nitrogens with zero attached hydrogens (tertiary/aromatic N) is 1. The maximum atomic E-state index is 13.0. The summed E-state index contributed by atoms with van der Waals surface area (Å²) in [5.74, 6) is -0.497. The summed E-state index contributed by atoms with van der Waals surface area (Å²) in [4.78, 5) is 10.9. The highest BCUT2D eigenvalue weighted by molar-refractivity contribution is 5.74. The second kappa shape index (κ2) is 14.6. The lowest BCUT2D eigenvalue weighted by Gasteiger charge is -2.10. The number of ether oxygens (including phenoxy) is 3. The quantitative estimate of drug-likeness (QED) is 0.380. The molecule has 0 unspecified atom stereocenters. The molecule has 0 aromatic carbocycles. The highest BCUT2D eigenvalue weighted by Gasteiger charge is 2.08. The van der Waals surface area contributed by atoms with Crippen LogP contribution in [0.15, 0.2) is 0 Å². The Morgan fingerprint density at radius 3 is 2.00 bits per heavy atom. The molecular weight excluding hydrogens is 267 g/mol. The molecule has 0 radical (unpaired) electrons. The number of halogens is 1. The van der Waals surface area contributed by atoms with Gasteiger partial charge in [0.2, 0.25) is 5.91 Å². The van der Waals surface area contributed by atoms with Gasteiger partial charge in [0.1, 0.15) is 0 Å². The predicted molar refractivity (Wildman–Crippen MR) is 73.9 cm³/mol. The van der Waals surface area contributed by atoms with Crippen LogP contribution in [0.2, 0.25) is 0 Å². The minimum Gasteiger partial charge on any atom is -0.379 e. The van der Waals surface area contributed by atoms with Crippen molar-refractivity contribution in [1.82, 2.24) is 5.12 Å². The van der Waals surface area contributed by atoms with Crippen molar-refractivity contribution in [1.29, 1.82) is 0 Å². The van der Waals surface area contributed by atoms with Crippen molar-refractivity contribution in [2.75, 3.05) is 52.7 Å². The van der Waals surface area contributed by atoms with Gasteiger partial charge < -0.3 is 19.9 Å². The number of hydrogen-bond donors (Lipinski definition) is 1. The van der Waals surface area contributed by atoms with Crippen LogP contribution in [0.1, 0.15) is 26.2 Å². The average molecular weight is 294 g/mol. The summed E-state index contributed by atoms with van der Waals surface area (Å²) in [6.45, 7) is 5.41. The van der Waals surface area contributed by atoms with Gasteiger partial charge in [-0.25, -0.2) is 0 Å². The number of hydrogen-bond acceptors (Lipinski definition) is 5. The lowest BCUT2D eigenvalue weighted by atomic mass is 10.4. The Balaban J connectivity index is 3.11. The normalized spacial score (nSPS) is 10.8. The van der Waals surface area contributed by atoms with E-state index in [1.54, 1.807) is 6.92 Å². The number of carbonyl (C=O) groups excluding carboxylic acids is 1. The second-order valence-corrected chi connectivity index (χ2v) is 4.17. The summed E-state index contributed by atoms with van der Waals surface area (Å²) in [6, 6.07) is 0. The minimum atomic E-state index is -0.497. The van der Waals surface area contributed by atoms with E-state index >= 15 is 0 Å². The van der Waals surface area contributed by atoms with Gasteiger partial charge in [0.25, 0.3) is 0 Å². The first-order valence-corrected chi connectivity index (χ1v) is 7.11. The van der Waals surface area contributed by atoms with Gasteiger partial charge in [0.15, 0.2) is 0 Å². The van der Waals surface area contributed by atoms with E-state index in [9.17, 15) is 9.28 Å². The van der Waals surface area contributed by atoms with E-state index in [4.69, 9.17) is 19.9 Å². The first-order chi connectivity index (χ1) is 9.72. The first-order valence-electron chi connectivity index (χ1n) is 7.11. The van der Waals surface area contributed by atoms with Gasteiger partial charge in [0.05, 0.1) is 33.0 Å². The molecule has 0 saturated heterocycles. The topological polar surface area (TPSA) is 74.0 Å². The number of amides is 1. The summed E-state index contributed by atoms with van der Waals surface area (Å²) in [5.41, 5.74) is 5.32. The van der Waals surface area contributed by atoms with Gasteiger partial charge in [-0.05, 0) is 19.4 Å². The Morgan fingerprint density at radius 1 is 1.00 bits per heavy atom. The Bertz CT molecular complexity index is 232. The standard InChI is InChI=1S/C13H27FN2O4/c1-2-13(17)16(14)6-4-8-19-10-12-20-11-9-18-7-3-5-15/h2-12,15H2,1H3. The van der Waals surface area contributed by atoms with E-state index in [1.165, 1.54) is 0 Å². The molecule has 0 heterocycles. The molecule has 0 rings (SSSR count). The number of nitrogens with two attached hydrogens (primary N) is 1. The van der Waals surface area contributed by atoms with Crippen LogP contribution in [0.25, 0.3) is 0 Å². The van der Waals surface area contributed by atoms with Crippen molar-refractivity contribution in [3.05, 3.63) is 0 Å². The maximum Gasteiger partial charge on any atom is 0.249 e. The highest BCUT2D eigenvalue weighted by Crippen LogP contribution is 1.97. The summed E-state index contributed by atoms with van der Waals surface area (Å²) in [5, 5.41) is 0.235. The van der Waals surface area contributed by atoms with Crippen molar-refractivity contribution in [2.24, 2.45) is 5.73 Å². The fourth-order valence-electron chi connectivity index (χ4n) is 1.33. The van der Waals surface area contributed by atoms with Gasteiger partial charge in [0, 0.05) is 19.6 Å². The molecule has 7 heteroatoms. The third-order valence-electron chi connectivity index (χ3n) is 2.45. The van der Waals surface area contributed by atoms with Crippen LogP contribution in [-0.4, -0.2) is 63.8 Å². The first kappa shape index (κ1) is 19.2. The van der Waals surface area contributed by atoms with E-state index in [0.29, 0.717) is 52.6 Å². The van der Waals surface area contributed by atoms with Crippen LogP contribution >= 0.6 is 0 Å². The third-order valence-corrected chi connectivity index (χ3v) is 2.45. The van der Waals surface area contributed by atoms with Crippen LogP contribution in [0.5, 0.6) is 0 Å². The van der Waals surface area contributed by atoms with Crippen molar-refractivity contribution >= 4 is 5.91 Å². The van der Waals surface area contributed by atoms with Crippen LogP contribution in [-0.2, 0) is 19.0 Å². The molecule has 120 valence electrons. The van der Waals surface area contributed by atoms with Crippen molar-refractivity contribution in [2.45, 2.75) is 26.2 Å². The molecule has 0 spiro atoms. The molecular formula is C13H27FN2O4. The van der Waals surface area contributed by atoms with Crippen molar-refractivity contribution in [3.63, 3.8) is 0 Å². The van der Waals surface area contributed by atoms with Gasteiger partial charge in [-0.15, -0.1) is 0 Å². The summed E-state index contributed by atoms with van der Waals surface area (Å²) >= 11 is 0. The fourth-order valence-corrected chi connectivity index (χ4v) is 1.33. The predicted octanol–water partition coefficient (Wildman–Crippen LogP) is 0.898. The van der Waals surface area contributed by atoms with E-state index in [2.05, 4.69) is 0 Å². The van der Waals surface area contributed by atoms with Gasteiger partial charge in [-0.2, -0.15) is 5.12 Å². The Hall–Kier alpha value is -0.760. The van der Waals surface area contributed by atoms with E-state index in [1.807, 2.05) is 0 Å². The third kappa shape index (κ3) is 12.3. The van der Waals surface area contributed by atoms with Crippen LogP contribution in [0.4, 0.5) is 4.48 Å². The van der Waals surface area contributed by atoms with Gasteiger partial charge in [-0.3, -0.25) is 4.79 Å². The van der Waals surface area contributed by atoms with Gasteiger partial charge >= 0.3 is 0 Å². The minimum absolute atomic E-state index is 0.0719. The molecule has 1 amide bonds. The molecule has 0 saturated carbocycles. The van der Waals surface area contributed by atoms with Crippen LogP contribution in [0.3, 0.4) is 0 Å². The molecule has 0 aliphatic carbocycles. The summed E-state index contributed by atoms with van der Waals surface area (Å²) in [6.07, 6.45) is 1.51. The molecule has 0 atom stereocenters. The number of carbonyl (C=O) groups is 1. The molecule has 0 aromatic rings. The van der Waals surface area contributed by atoms with Crippen LogP contribution in [0, 0.1) is 0 Å². The second-order valence-electron chi connectivity index (χ2n) is 4.17. The molecule has 0 bridgehead atoms. The molecule has 0 aromatic heterocycles. The Labute approximate surface area is 120 Å². The average Bonchev–Trinajstić information content (AvgIpc) is 2.47.